The lowest BCUT2D eigenvalue weighted by Crippen LogP contribution is -2.53. The summed E-state index contributed by atoms with van der Waals surface area (Å²) in [6, 6.07) is 51.8. The highest BCUT2D eigenvalue weighted by Crippen LogP contribution is 2.50. The van der Waals surface area contributed by atoms with Gasteiger partial charge in [-0.15, -0.1) is 0 Å². The summed E-state index contributed by atoms with van der Waals surface area (Å²) < 4.78 is 133. The number of methoxy groups -OCH3 is 4. The molecule has 7 saturated heterocycles. The largest absolute Gasteiger partial charge is 0.495 e. The Hall–Kier alpha value is -10.9. The number of halogens is 4. The summed E-state index contributed by atoms with van der Waals surface area (Å²) in [5, 5.41) is 31.6. The van der Waals surface area contributed by atoms with Crippen LogP contribution in [0.3, 0.4) is 0 Å². The second-order valence-electron chi connectivity index (χ2n) is 38.7. The highest BCUT2D eigenvalue weighted by Gasteiger charge is 2.38. The molecule has 11 heterocycles. The van der Waals surface area contributed by atoms with Gasteiger partial charge in [0.1, 0.15) is 83.5 Å². The Morgan fingerprint density at radius 1 is 0.427 bits per heavy atom. The van der Waals surface area contributed by atoms with Crippen LogP contribution in [0.1, 0.15) is 60.3 Å². The molecule has 7 aliphatic rings. The van der Waals surface area contributed by atoms with Crippen molar-refractivity contribution >= 4 is 214 Å². The van der Waals surface area contributed by atoms with Gasteiger partial charge in [0.05, 0.1) is 119 Å². The van der Waals surface area contributed by atoms with E-state index in [1.165, 1.54) is 70.5 Å². The first-order chi connectivity index (χ1) is 71.7. The minimum atomic E-state index is -3.54. The number of nitrogens with one attached hydrogen (secondary N) is 9. The van der Waals surface area contributed by atoms with E-state index in [9.17, 15) is 35.1 Å². The van der Waals surface area contributed by atoms with Crippen molar-refractivity contribution in [2.24, 2.45) is 5.92 Å². The molecule has 1 unspecified atom stereocenters. The summed E-state index contributed by atoms with van der Waals surface area (Å²) in [6.07, 6.45) is 13.6. The first-order valence-electron chi connectivity index (χ1n) is 49.8. The van der Waals surface area contributed by atoms with E-state index in [0.717, 1.165) is 104 Å². The van der Waals surface area contributed by atoms with E-state index in [4.69, 9.17) is 70.1 Å². The van der Waals surface area contributed by atoms with Gasteiger partial charge in [-0.05, 0) is 235 Å². The summed E-state index contributed by atoms with van der Waals surface area (Å²) in [4.78, 5) is 47.9. The number of para-hydroxylation sites is 4. The molecule has 4 aromatic heterocycles. The van der Waals surface area contributed by atoms with E-state index in [1.54, 1.807) is 150 Å². The van der Waals surface area contributed by atoms with E-state index in [-0.39, 0.29) is 49.5 Å². The van der Waals surface area contributed by atoms with Gasteiger partial charge in [0.25, 0.3) is 0 Å². The van der Waals surface area contributed by atoms with Gasteiger partial charge in [-0.2, -0.15) is 19.9 Å². The van der Waals surface area contributed by atoms with Crippen LogP contribution in [0.4, 0.5) is 98.3 Å². The topological polar surface area (TPSA) is 410 Å². The van der Waals surface area contributed by atoms with Gasteiger partial charge in [0.2, 0.25) is 23.8 Å². The fourth-order valence-electron chi connectivity index (χ4n) is 18.5. The van der Waals surface area contributed by atoms with E-state index in [0.29, 0.717) is 133 Å². The van der Waals surface area contributed by atoms with Crippen LogP contribution in [0.15, 0.2) is 204 Å². The molecule has 800 valence electrons. The molecule has 1 atom stereocenters. The monoisotopic (exact) mass is 2240 g/mol. The fraction of sp³-hybridized carbons (Fsp3) is 0.390. The van der Waals surface area contributed by atoms with Crippen LogP contribution in [-0.4, -0.2) is 277 Å². The summed E-state index contributed by atoms with van der Waals surface area (Å²) >= 11 is 25.5. The zero-order chi connectivity index (χ0) is 107. The fourth-order valence-corrected chi connectivity index (χ4v) is 28.9. The van der Waals surface area contributed by atoms with E-state index < -0.39 is 58.7 Å². The molecule has 7 fully saturated rings. The van der Waals surface area contributed by atoms with Crippen molar-refractivity contribution in [1.29, 1.82) is 0 Å². The molecular formula is C105H132Cl4N22O13P4S2. The molecule has 2 bridgehead atoms. The highest BCUT2D eigenvalue weighted by atomic mass is 35.5. The van der Waals surface area contributed by atoms with Crippen LogP contribution in [0.2, 0.25) is 20.1 Å². The Morgan fingerprint density at radius 2 is 0.793 bits per heavy atom. The maximum Gasteiger partial charge on any atom is 0.229 e. The van der Waals surface area contributed by atoms with Gasteiger partial charge < -0.3 is 104 Å². The van der Waals surface area contributed by atoms with Crippen molar-refractivity contribution < 1.29 is 58.8 Å². The molecule has 0 radical (unpaired) electrons. The lowest BCUT2D eigenvalue weighted by Gasteiger charge is -2.44. The number of likely N-dealkylation sites (tertiary alicyclic amines) is 1. The molecule has 12 aromatic rings. The second kappa shape index (κ2) is 50.3. The maximum absolute atomic E-state index is 13.6. The van der Waals surface area contributed by atoms with E-state index >= 15 is 0 Å². The third-order valence-corrected chi connectivity index (χ3v) is 42.1. The SMILES string of the molecule is CCN1CCP(=O)(c2ccc(Nc3ncc(Cl)c(Nc4ccccc4S(=O)(=O)C(C)C)n3)c(OC)c2)CC1.COc1cc(N2CCN(C3CCN(C)CC3)CC2)ccc1Nc1ncc(Cl)c(Nc2ccccc2P(C)(C)=O)n1.COc1cc(OC2CN3CCC2CC3)ccc1Nc1ncc(Cl)c(Nc2ccccc2P(C)(C)=O)n1.COc1cc(P2(=O)CCNCC2)ccc1Nc1ncc(Cl)c(Nc2ccccc2S(=O)(=O)C(C)C)n1. The van der Waals surface area contributed by atoms with Gasteiger partial charge in [0, 0.05) is 129 Å². The molecule has 150 heavy (non-hydrogen) atoms. The number of fused-ring (bicyclic) bond motifs is 3. The van der Waals surface area contributed by atoms with Crippen molar-refractivity contribution in [3.05, 3.63) is 215 Å². The number of benzene rings is 8. The van der Waals surface area contributed by atoms with Crippen LogP contribution in [0.5, 0.6) is 28.7 Å². The number of sulfone groups is 2. The Morgan fingerprint density at radius 3 is 1.18 bits per heavy atom. The quantitative estimate of drug-likeness (QED) is 0.0172. The molecule has 0 saturated carbocycles. The van der Waals surface area contributed by atoms with Crippen LogP contribution in [0, 0.1) is 5.92 Å². The predicted molar refractivity (Wildman–Crippen MR) is 612 cm³/mol. The van der Waals surface area contributed by atoms with Crippen molar-refractivity contribution in [3.8, 4) is 28.7 Å². The smallest absolute Gasteiger partial charge is 0.229 e. The number of aromatic nitrogens is 8. The molecule has 0 spiro atoms. The van der Waals surface area contributed by atoms with E-state index in [2.05, 4.69) is 138 Å². The van der Waals surface area contributed by atoms with Gasteiger partial charge in [-0.25, -0.2) is 36.8 Å². The number of hydrogen-bond acceptors (Lipinski definition) is 35. The first kappa shape index (κ1) is 113. The summed E-state index contributed by atoms with van der Waals surface area (Å²) in [6.45, 7) is 29.6. The number of rotatable bonds is 33. The van der Waals surface area contributed by atoms with Crippen LogP contribution >= 0.6 is 75.0 Å². The Kier molecular flexibility index (Phi) is 37.9. The number of nitrogens with zero attached hydrogens (tertiary/aromatic N) is 13. The van der Waals surface area contributed by atoms with Crippen LogP contribution in [-0.2, 0) is 37.9 Å². The molecule has 0 aliphatic carbocycles. The normalized spacial score (nSPS) is 17.5. The molecule has 9 N–H and O–H groups in total. The van der Waals surface area contributed by atoms with Gasteiger partial charge in [-0.3, -0.25) is 9.80 Å². The lowest BCUT2D eigenvalue weighted by molar-refractivity contribution is -0.00782. The molecule has 0 amide bonds. The number of anilines is 17. The Labute approximate surface area is 899 Å². The zero-order valence-corrected chi connectivity index (χ0v) is 94.9. The molecule has 19 rings (SSSR count). The van der Waals surface area contributed by atoms with Gasteiger partial charge in [0.15, 0.2) is 42.9 Å². The summed E-state index contributed by atoms with van der Waals surface area (Å²) in [5.41, 5.74) is 5.95. The molecule has 45 heteroatoms. The third kappa shape index (κ3) is 28.4. The molecule has 8 aromatic carbocycles. The van der Waals surface area contributed by atoms with E-state index in [1.807, 2.05) is 97.1 Å². The van der Waals surface area contributed by atoms with Crippen molar-refractivity contribution in [3.63, 3.8) is 0 Å². The first-order valence-corrected chi connectivity index (χ1v) is 63.8. The standard InChI is InChI=1S/C29H39ClN7O2P.C26H33ClN5O4PS.C26H31ClN5O3P.C24H29ClN5O4PS/c1-35-13-11-21(12-14-35)36-15-17-37(18-16-36)22-9-10-24(26(19-22)39-2)33-29-31-20-23(30)28(34-29)32-25-7-5-6-8-27(25)40(3,4)38;1-5-32-12-14-37(33,15-13-32)19-10-11-21(23(16-19)36-4)30-26-28-17-20(27)25(31-26)29-22-8-6-7-9-24(22)38(34,35)18(2)3;1-34-22-14-18(35-23-16-32-12-10-17(23)11-13-32)8-9-20(22)30-26-28-15-19(27)25(31-26)29-21-6-4-5-7-24(21)36(2,3)33;1-16(2)36(32,33)22-7-5-4-6-20(22)28-23-18(25)15-27-24(30-23)29-19-9-8-17(14-21(19)34-3)35(31)12-10-26-11-13-35/h5-10,19-21H,11-18H2,1-4H3,(H2,31,32,33,34);6-11,16-18H,5,12-15H2,1-4H3,(H2,28,29,30,31);4-9,14-15,17,23H,10-13,16H2,1-3H3,(H2,28,29,30,31);4-9,14-16,26H,10-13H2,1-3H3,(H2,27,28,29,30). The highest BCUT2D eigenvalue weighted by molar-refractivity contribution is 7.92. The van der Waals surface area contributed by atoms with Crippen molar-refractivity contribution in [2.75, 3.05) is 226 Å². The average molecular weight is 2240 g/mol. The zero-order valence-electron chi connectivity index (χ0n) is 86.7. The van der Waals surface area contributed by atoms with Crippen LogP contribution < -0.4 is 97.7 Å². The minimum absolute atomic E-state index is 0.161. The van der Waals surface area contributed by atoms with Crippen LogP contribution in [0.25, 0.3) is 0 Å². The minimum Gasteiger partial charge on any atom is -0.495 e. The Balaban J connectivity index is 0.000000150. The van der Waals surface area contributed by atoms with Gasteiger partial charge in [-0.1, -0.05) is 102 Å². The molecule has 35 nitrogen and oxygen atoms in total. The van der Waals surface area contributed by atoms with Crippen molar-refractivity contribution in [1.82, 2.24) is 64.8 Å². The number of piperazine rings is 1. The second-order valence-corrected chi connectivity index (χ2v) is 58.0. The lowest BCUT2D eigenvalue weighted by atomic mass is 9.86. The number of piperidine rings is 4. The molecular weight excluding hydrogens is 2110 g/mol. The molecule has 7 aliphatic heterocycles. The summed E-state index contributed by atoms with van der Waals surface area (Å²) in [7, 11) is -8.43. The number of ether oxygens (including phenoxy) is 5. The number of hydrogen-bond donors (Lipinski definition) is 9. The maximum atomic E-state index is 13.6. The summed E-state index contributed by atoms with van der Waals surface area (Å²) in [5.74, 6) is 6.31. The third-order valence-electron chi connectivity index (χ3n) is 27.3. The van der Waals surface area contributed by atoms with Crippen molar-refractivity contribution in [2.45, 2.75) is 92.7 Å². The predicted octanol–water partition coefficient (Wildman–Crippen LogP) is 20.0. The Bertz CT molecular complexity index is 7210. The van der Waals surface area contributed by atoms with Gasteiger partial charge >= 0.3 is 0 Å². The average Bonchev–Trinajstić information content (AvgIpc) is 0.943.